The average Bonchev–Trinajstić information content (AvgIpc) is 2.48. The van der Waals surface area contributed by atoms with Crippen LogP contribution in [0.1, 0.15) is 52.0 Å². The lowest BCUT2D eigenvalue weighted by atomic mass is 9.86. The number of benzene rings is 1. The van der Waals surface area contributed by atoms with E-state index in [0.717, 1.165) is 27.5 Å². The minimum Gasteiger partial charge on any atom is -0.493 e. The van der Waals surface area contributed by atoms with Gasteiger partial charge in [0.1, 0.15) is 0 Å². The number of ether oxygens (including phenoxy) is 2. The lowest BCUT2D eigenvalue weighted by molar-refractivity contribution is 0.228. The van der Waals surface area contributed by atoms with Crippen LogP contribution in [-0.4, -0.2) is 19.3 Å². The van der Waals surface area contributed by atoms with Crippen molar-refractivity contribution in [1.29, 1.82) is 0 Å². The molecule has 0 amide bonds. The van der Waals surface area contributed by atoms with Gasteiger partial charge in [0.15, 0.2) is 11.5 Å². The molecule has 0 aromatic heterocycles. The first-order valence-corrected chi connectivity index (χ1v) is 9.35. The van der Waals surface area contributed by atoms with Crippen LogP contribution < -0.4 is 14.8 Å². The van der Waals surface area contributed by atoms with Gasteiger partial charge in [-0.3, -0.25) is 0 Å². The largest absolute Gasteiger partial charge is 0.493 e. The van der Waals surface area contributed by atoms with Crippen LogP contribution in [0.15, 0.2) is 12.1 Å². The van der Waals surface area contributed by atoms with E-state index in [1.807, 2.05) is 13.8 Å². The predicted octanol–water partition coefficient (Wildman–Crippen LogP) is 5.18. The summed E-state index contributed by atoms with van der Waals surface area (Å²) in [4.78, 5) is 0. The predicted molar refractivity (Wildman–Crippen MR) is 107 cm³/mol. The van der Waals surface area contributed by atoms with Crippen LogP contribution in [0.3, 0.4) is 0 Å². The number of hydrogen-bond donors (Lipinski definition) is 1. The third kappa shape index (κ3) is 5.98. The molecule has 1 N–H and O–H groups in total. The van der Waals surface area contributed by atoms with Gasteiger partial charge < -0.3 is 14.8 Å². The van der Waals surface area contributed by atoms with Crippen molar-refractivity contribution in [2.24, 2.45) is 5.92 Å². The first-order chi connectivity index (χ1) is 10.5. The van der Waals surface area contributed by atoms with E-state index in [1.165, 1.54) is 31.2 Å². The molecular formula is C18H29ClINO2. The minimum absolute atomic E-state index is 0. The smallest absolute Gasteiger partial charge is 0.174 e. The van der Waals surface area contributed by atoms with E-state index in [9.17, 15) is 0 Å². The van der Waals surface area contributed by atoms with Crippen LogP contribution in [0.25, 0.3) is 0 Å². The van der Waals surface area contributed by atoms with Crippen molar-refractivity contribution in [1.82, 2.24) is 5.32 Å². The van der Waals surface area contributed by atoms with E-state index in [-0.39, 0.29) is 18.5 Å². The molecule has 1 aliphatic rings. The quantitative estimate of drug-likeness (QED) is 0.602. The maximum Gasteiger partial charge on any atom is 0.174 e. The van der Waals surface area contributed by atoms with E-state index in [1.54, 1.807) is 7.11 Å². The van der Waals surface area contributed by atoms with Crippen molar-refractivity contribution >= 4 is 35.0 Å². The Bertz CT molecular complexity index is 496. The van der Waals surface area contributed by atoms with Crippen molar-refractivity contribution in [3.05, 3.63) is 21.3 Å². The van der Waals surface area contributed by atoms with Crippen molar-refractivity contribution < 1.29 is 9.47 Å². The Morgan fingerprint density at radius 2 is 1.96 bits per heavy atom. The highest BCUT2D eigenvalue weighted by Crippen LogP contribution is 2.35. The van der Waals surface area contributed by atoms with Gasteiger partial charge >= 0.3 is 0 Å². The summed E-state index contributed by atoms with van der Waals surface area (Å²) in [5.74, 6) is 2.46. The Labute approximate surface area is 160 Å². The van der Waals surface area contributed by atoms with Crippen LogP contribution in [0, 0.1) is 9.49 Å². The molecular weight excluding hydrogens is 425 g/mol. The molecule has 23 heavy (non-hydrogen) atoms. The molecule has 1 aliphatic carbocycles. The molecule has 5 heteroatoms. The molecule has 0 bridgehead atoms. The monoisotopic (exact) mass is 453 g/mol. The number of methoxy groups -OCH3 is 1. The Morgan fingerprint density at radius 3 is 2.57 bits per heavy atom. The van der Waals surface area contributed by atoms with Crippen LogP contribution in [0.5, 0.6) is 11.5 Å². The molecule has 0 aliphatic heterocycles. The highest BCUT2D eigenvalue weighted by atomic mass is 127. The van der Waals surface area contributed by atoms with E-state index >= 15 is 0 Å². The number of halogens is 2. The molecule has 1 aromatic rings. The summed E-state index contributed by atoms with van der Waals surface area (Å²) in [7, 11) is 1.71. The first-order valence-electron chi connectivity index (χ1n) is 8.27. The second-order valence-corrected chi connectivity index (χ2v) is 7.69. The van der Waals surface area contributed by atoms with Gasteiger partial charge in [-0.25, -0.2) is 0 Å². The zero-order chi connectivity index (χ0) is 16.1. The van der Waals surface area contributed by atoms with Gasteiger partial charge in [0.05, 0.1) is 16.8 Å². The fraction of sp³-hybridized carbons (Fsp3) is 0.667. The van der Waals surface area contributed by atoms with Crippen molar-refractivity contribution in [3.8, 4) is 11.5 Å². The normalized spacial score (nSPS) is 21.0. The summed E-state index contributed by atoms with van der Waals surface area (Å²) in [5, 5.41) is 3.73. The Morgan fingerprint density at radius 1 is 1.26 bits per heavy atom. The Hall–Kier alpha value is -0.200. The fourth-order valence-electron chi connectivity index (χ4n) is 3.09. The Kier molecular flexibility index (Phi) is 9.01. The molecule has 0 spiro atoms. The summed E-state index contributed by atoms with van der Waals surface area (Å²) >= 11 is 2.33. The molecule has 1 aromatic carbocycles. The zero-order valence-corrected chi connectivity index (χ0v) is 17.5. The SMILES string of the molecule is COc1cc(CNC2CCCCC2C)cc(I)c1OC(C)C.Cl. The highest BCUT2D eigenvalue weighted by molar-refractivity contribution is 14.1. The second-order valence-electron chi connectivity index (χ2n) is 6.52. The van der Waals surface area contributed by atoms with Crippen LogP contribution in [-0.2, 0) is 6.54 Å². The Balaban J connectivity index is 0.00000264. The van der Waals surface area contributed by atoms with Crippen molar-refractivity contribution in [3.63, 3.8) is 0 Å². The van der Waals surface area contributed by atoms with E-state index in [4.69, 9.17) is 9.47 Å². The van der Waals surface area contributed by atoms with E-state index in [0.29, 0.717) is 6.04 Å². The fourth-order valence-corrected chi connectivity index (χ4v) is 3.89. The third-order valence-electron chi connectivity index (χ3n) is 4.32. The molecule has 0 saturated heterocycles. The highest BCUT2D eigenvalue weighted by Gasteiger charge is 2.21. The number of rotatable bonds is 6. The third-order valence-corrected chi connectivity index (χ3v) is 5.12. The summed E-state index contributed by atoms with van der Waals surface area (Å²) in [6, 6.07) is 4.94. The van der Waals surface area contributed by atoms with Crippen molar-refractivity contribution in [2.45, 2.75) is 65.1 Å². The van der Waals surface area contributed by atoms with E-state index < -0.39 is 0 Å². The molecule has 1 saturated carbocycles. The van der Waals surface area contributed by atoms with Crippen LogP contribution in [0.4, 0.5) is 0 Å². The number of nitrogens with one attached hydrogen (secondary N) is 1. The first kappa shape index (κ1) is 20.8. The van der Waals surface area contributed by atoms with Gasteiger partial charge in [-0.15, -0.1) is 12.4 Å². The summed E-state index contributed by atoms with van der Waals surface area (Å²) in [6.45, 7) is 7.33. The maximum absolute atomic E-state index is 5.88. The lowest BCUT2D eigenvalue weighted by Gasteiger charge is -2.29. The van der Waals surface area contributed by atoms with Crippen LogP contribution in [0.2, 0.25) is 0 Å². The molecule has 2 atom stereocenters. The molecule has 2 unspecified atom stereocenters. The van der Waals surface area contributed by atoms with Gasteiger partial charge in [0.2, 0.25) is 0 Å². The van der Waals surface area contributed by atoms with Gasteiger partial charge in [-0.05, 0) is 72.9 Å². The molecule has 132 valence electrons. The van der Waals surface area contributed by atoms with Gasteiger partial charge in [0, 0.05) is 12.6 Å². The van der Waals surface area contributed by atoms with Gasteiger partial charge in [-0.1, -0.05) is 19.8 Å². The molecule has 2 rings (SSSR count). The second kappa shape index (κ2) is 9.94. The van der Waals surface area contributed by atoms with Gasteiger partial charge in [-0.2, -0.15) is 0 Å². The minimum atomic E-state index is 0. The van der Waals surface area contributed by atoms with Gasteiger partial charge in [0.25, 0.3) is 0 Å². The number of hydrogen-bond acceptors (Lipinski definition) is 3. The zero-order valence-electron chi connectivity index (χ0n) is 14.5. The molecule has 0 radical (unpaired) electrons. The summed E-state index contributed by atoms with van der Waals surface area (Å²) < 4.78 is 12.5. The molecule has 3 nitrogen and oxygen atoms in total. The molecule has 1 fully saturated rings. The summed E-state index contributed by atoms with van der Waals surface area (Å²) in [6.07, 6.45) is 5.52. The van der Waals surface area contributed by atoms with Crippen molar-refractivity contribution in [2.75, 3.05) is 7.11 Å². The molecule has 0 heterocycles. The van der Waals surface area contributed by atoms with E-state index in [2.05, 4.69) is 47.0 Å². The standard InChI is InChI=1S/C18H28INO2.ClH/c1-12(2)22-18-15(19)9-14(10-17(18)21-4)11-20-16-8-6-5-7-13(16)3;/h9-10,12-13,16,20H,5-8,11H2,1-4H3;1H. The maximum atomic E-state index is 5.88. The summed E-state index contributed by atoms with van der Waals surface area (Å²) in [5.41, 5.74) is 1.26. The lowest BCUT2D eigenvalue weighted by Crippen LogP contribution is -2.36. The van der Waals surface area contributed by atoms with Crippen LogP contribution >= 0.6 is 35.0 Å². The average molecular weight is 454 g/mol. The topological polar surface area (TPSA) is 30.5 Å².